The number of carbonyl (C=O) groups is 1. The van der Waals surface area contributed by atoms with Crippen molar-refractivity contribution in [2.75, 3.05) is 6.61 Å². The Hall–Kier alpha value is -2.00. The highest BCUT2D eigenvalue weighted by Crippen LogP contribution is 2.19. The first kappa shape index (κ1) is 16.4. The second-order valence-corrected chi connectivity index (χ2v) is 5.84. The van der Waals surface area contributed by atoms with Gasteiger partial charge in [0.15, 0.2) is 6.61 Å². The second kappa shape index (κ2) is 7.32. The van der Waals surface area contributed by atoms with Gasteiger partial charge in [-0.3, -0.25) is 4.79 Å². The summed E-state index contributed by atoms with van der Waals surface area (Å²) in [7, 11) is 0. The third kappa shape index (κ3) is 4.50. The molecule has 1 atom stereocenters. The molecule has 22 heavy (non-hydrogen) atoms. The summed E-state index contributed by atoms with van der Waals surface area (Å²) in [5.74, 6) is 0.573. The van der Waals surface area contributed by atoms with Crippen LogP contribution in [0.4, 0.5) is 0 Å². The van der Waals surface area contributed by atoms with Gasteiger partial charge in [0.1, 0.15) is 5.75 Å². The topological polar surface area (TPSA) is 38.3 Å². The van der Waals surface area contributed by atoms with Gasteiger partial charge in [0, 0.05) is 5.02 Å². The van der Waals surface area contributed by atoms with Crippen molar-refractivity contribution >= 4 is 17.5 Å². The number of amides is 1. The van der Waals surface area contributed by atoms with Gasteiger partial charge in [-0.1, -0.05) is 41.4 Å². The van der Waals surface area contributed by atoms with Crippen LogP contribution >= 0.6 is 11.6 Å². The van der Waals surface area contributed by atoms with E-state index in [9.17, 15) is 4.79 Å². The molecule has 0 aliphatic carbocycles. The largest absolute Gasteiger partial charge is 0.484 e. The minimum absolute atomic E-state index is 0.00515. The first-order valence-electron chi connectivity index (χ1n) is 7.20. The van der Waals surface area contributed by atoms with E-state index in [1.54, 1.807) is 0 Å². The Labute approximate surface area is 136 Å². The van der Waals surface area contributed by atoms with E-state index in [4.69, 9.17) is 16.3 Å². The van der Waals surface area contributed by atoms with Crippen molar-refractivity contribution in [1.29, 1.82) is 0 Å². The maximum absolute atomic E-state index is 12.0. The Morgan fingerprint density at radius 2 is 2.00 bits per heavy atom. The summed E-state index contributed by atoms with van der Waals surface area (Å²) >= 11 is 5.96. The average molecular weight is 318 g/mol. The molecule has 4 heteroatoms. The number of hydrogen-bond acceptors (Lipinski definition) is 2. The average Bonchev–Trinajstić information content (AvgIpc) is 2.46. The van der Waals surface area contributed by atoms with Gasteiger partial charge in [-0.25, -0.2) is 0 Å². The lowest BCUT2D eigenvalue weighted by molar-refractivity contribution is -0.123. The van der Waals surface area contributed by atoms with Gasteiger partial charge in [-0.15, -0.1) is 0 Å². The van der Waals surface area contributed by atoms with Crippen LogP contribution in [-0.4, -0.2) is 12.5 Å². The molecule has 0 aliphatic heterocycles. The molecular formula is C18H20ClNO2. The SMILES string of the molecule is Cc1ccc(OCC(=O)NC(C)c2cccc(Cl)c2)c(C)c1. The maximum Gasteiger partial charge on any atom is 0.258 e. The molecule has 2 aromatic carbocycles. The molecule has 0 fully saturated rings. The zero-order valence-electron chi connectivity index (χ0n) is 13.0. The molecule has 0 saturated carbocycles. The molecule has 116 valence electrons. The minimum atomic E-state index is -0.160. The van der Waals surface area contributed by atoms with E-state index in [2.05, 4.69) is 5.32 Å². The van der Waals surface area contributed by atoms with Gasteiger partial charge in [-0.05, 0) is 50.1 Å². The highest BCUT2D eigenvalue weighted by molar-refractivity contribution is 6.30. The Morgan fingerprint density at radius 1 is 1.23 bits per heavy atom. The summed E-state index contributed by atoms with van der Waals surface area (Å²) in [5, 5.41) is 3.56. The third-order valence-electron chi connectivity index (χ3n) is 3.42. The number of hydrogen-bond donors (Lipinski definition) is 1. The molecule has 1 unspecified atom stereocenters. The van der Waals surface area contributed by atoms with E-state index in [0.29, 0.717) is 5.02 Å². The summed E-state index contributed by atoms with van der Waals surface area (Å²) in [6.45, 7) is 5.90. The molecule has 2 aromatic rings. The second-order valence-electron chi connectivity index (χ2n) is 5.40. The standard InChI is InChI=1S/C18H20ClNO2/c1-12-7-8-17(13(2)9-12)22-11-18(21)20-14(3)15-5-4-6-16(19)10-15/h4-10,14H,11H2,1-3H3,(H,20,21). The lowest BCUT2D eigenvalue weighted by Crippen LogP contribution is -2.31. The molecule has 0 saturated heterocycles. The van der Waals surface area contributed by atoms with Crippen LogP contribution in [-0.2, 0) is 4.79 Å². The van der Waals surface area contributed by atoms with Crippen LogP contribution in [0.25, 0.3) is 0 Å². The summed E-state index contributed by atoms with van der Waals surface area (Å²) in [4.78, 5) is 12.0. The van der Waals surface area contributed by atoms with Crippen LogP contribution in [0.15, 0.2) is 42.5 Å². The molecule has 0 spiro atoms. The number of ether oxygens (including phenoxy) is 1. The van der Waals surface area contributed by atoms with Crippen molar-refractivity contribution in [3.8, 4) is 5.75 Å². The van der Waals surface area contributed by atoms with E-state index in [1.807, 2.05) is 63.2 Å². The third-order valence-corrected chi connectivity index (χ3v) is 3.65. The van der Waals surface area contributed by atoms with E-state index >= 15 is 0 Å². The van der Waals surface area contributed by atoms with Crippen LogP contribution in [0.3, 0.4) is 0 Å². The first-order chi connectivity index (χ1) is 10.5. The van der Waals surface area contributed by atoms with Crippen molar-refractivity contribution in [2.45, 2.75) is 26.8 Å². The normalized spacial score (nSPS) is 11.8. The molecule has 0 heterocycles. The molecule has 2 rings (SSSR count). The lowest BCUT2D eigenvalue weighted by Gasteiger charge is -2.15. The molecule has 0 aliphatic rings. The van der Waals surface area contributed by atoms with Crippen molar-refractivity contribution < 1.29 is 9.53 Å². The Balaban J connectivity index is 1.90. The Bertz CT molecular complexity index is 670. The van der Waals surface area contributed by atoms with Gasteiger partial charge >= 0.3 is 0 Å². The molecule has 1 N–H and O–H groups in total. The fourth-order valence-corrected chi connectivity index (χ4v) is 2.45. The van der Waals surface area contributed by atoms with Crippen molar-refractivity contribution in [3.05, 3.63) is 64.2 Å². The van der Waals surface area contributed by atoms with E-state index in [-0.39, 0.29) is 18.6 Å². The van der Waals surface area contributed by atoms with Crippen LogP contribution in [0, 0.1) is 13.8 Å². The number of rotatable bonds is 5. The molecule has 0 radical (unpaired) electrons. The van der Waals surface area contributed by atoms with Crippen molar-refractivity contribution in [3.63, 3.8) is 0 Å². The molecule has 3 nitrogen and oxygen atoms in total. The number of carbonyl (C=O) groups excluding carboxylic acids is 1. The zero-order chi connectivity index (χ0) is 16.1. The minimum Gasteiger partial charge on any atom is -0.484 e. The Kier molecular flexibility index (Phi) is 5.45. The number of aryl methyl sites for hydroxylation is 2. The molecular weight excluding hydrogens is 298 g/mol. The zero-order valence-corrected chi connectivity index (χ0v) is 13.8. The predicted molar refractivity (Wildman–Crippen MR) is 89.4 cm³/mol. The van der Waals surface area contributed by atoms with E-state index < -0.39 is 0 Å². The van der Waals surface area contributed by atoms with E-state index in [0.717, 1.165) is 16.9 Å². The van der Waals surface area contributed by atoms with Gasteiger partial charge < -0.3 is 10.1 Å². The fourth-order valence-electron chi connectivity index (χ4n) is 2.25. The molecule has 1 amide bonds. The van der Waals surface area contributed by atoms with Crippen LogP contribution < -0.4 is 10.1 Å². The van der Waals surface area contributed by atoms with Gasteiger partial charge in [0.25, 0.3) is 5.91 Å². The highest BCUT2D eigenvalue weighted by atomic mass is 35.5. The lowest BCUT2D eigenvalue weighted by atomic mass is 10.1. The summed E-state index contributed by atoms with van der Waals surface area (Å²) in [5.41, 5.74) is 3.16. The van der Waals surface area contributed by atoms with Crippen molar-refractivity contribution in [2.24, 2.45) is 0 Å². The first-order valence-corrected chi connectivity index (χ1v) is 7.58. The van der Waals surface area contributed by atoms with Gasteiger partial charge in [-0.2, -0.15) is 0 Å². The van der Waals surface area contributed by atoms with Crippen LogP contribution in [0.2, 0.25) is 5.02 Å². The van der Waals surface area contributed by atoms with Gasteiger partial charge in [0.05, 0.1) is 6.04 Å². The summed E-state index contributed by atoms with van der Waals surface area (Å²) in [6.07, 6.45) is 0. The molecule has 0 bridgehead atoms. The van der Waals surface area contributed by atoms with Crippen LogP contribution in [0.1, 0.15) is 29.7 Å². The molecule has 0 aromatic heterocycles. The highest BCUT2D eigenvalue weighted by Gasteiger charge is 2.11. The maximum atomic E-state index is 12.0. The number of benzene rings is 2. The van der Waals surface area contributed by atoms with Crippen LogP contribution in [0.5, 0.6) is 5.75 Å². The van der Waals surface area contributed by atoms with E-state index in [1.165, 1.54) is 5.56 Å². The number of halogens is 1. The summed E-state index contributed by atoms with van der Waals surface area (Å²) < 4.78 is 5.58. The smallest absolute Gasteiger partial charge is 0.258 e. The summed E-state index contributed by atoms with van der Waals surface area (Å²) in [6, 6.07) is 13.2. The van der Waals surface area contributed by atoms with Crippen molar-refractivity contribution in [1.82, 2.24) is 5.32 Å². The Morgan fingerprint density at radius 3 is 2.68 bits per heavy atom. The predicted octanol–water partition coefficient (Wildman–Crippen LogP) is 4.21. The quantitative estimate of drug-likeness (QED) is 0.897. The number of nitrogens with one attached hydrogen (secondary N) is 1. The fraction of sp³-hybridized carbons (Fsp3) is 0.278. The monoisotopic (exact) mass is 317 g/mol. The van der Waals surface area contributed by atoms with Gasteiger partial charge in [0.2, 0.25) is 0 Å².